The van der Waals surface area contributed by atoms with Crippen LogP contribution in [-0.4, -0.2) is 38.4 Å². The lowest BCUT2D eigenvalue weighted by molar-refractivity contribution is 0.0962. The van der Waals surface area contributed by atoms with Gasteiger partial charge in [-0.15, -0.1) is 10.2 Å². The average molecular weight is 273 g/mol. The van der Waals surface area contributed by atoms with Crippen molar-refractivity contribution in [3.8, 4) is 0 Å². The summed E-state index contributed by atoms with van der Waals surface area (Å²) in [6, 6.07) is 2.15. The fraction of sp³-hybridized carbons (Fsp3) is 0.500. The third-order valence-corrected chi connectivity index (χ3v) is 3.76. The van der Waals surface area contributed by atoms with Crippen molar-refractivity contribution >= 4 is 6.21 Å². The molecule has 3 heterocycles. The summed E-state index contributed by atoms with van der Waals surface area (Å²) in [4.78, 5) is 0. The van der Waals surface area contributed by atoms with E-state index in [1.54, 1.807) is 17.3 Å². The van der Waals surface area contributed by atoms with Gasteiger partial charge in [-0.25, -0.2) is 4.68 Å². The third kappa shape index (κ3) is 2.65. The molecule has 0 spiro atoms. The Balaban J connectivity index is 1.79. The predicted molar refractivity (Wildman–Crippen MR) is 75.9 cm³/mol. The number of rotatable bonds is 4. The van der Waals surface area contributed by atoms with Gasteiger partial charge in [0.05, 0.1) is 12.3 Å². The minimum Gasteiger partial charge on any atom is -0.376 e. The van der Waals surface area contributed by atoms with E-state index in [9.17, 15) is 0 Å². The lowest BCUT2D eigenvalue weighted by atomic mass is 10.2. The zero-order valence-corrected chi connectivity index (χ0v) is 11.9. The largest absolute Gasteiger partial charge is 0.376 e. The van der Waals surface area contributed by atoms with Crippen molar-refractivity contribution in [3.63, 3.8) is 0 Å². The fourth-order valence-electron chi connectivity index (χ4n) is 2.62. The standard InChI is InChI=1S/C14H19N5O/c1-11-6-13(7-17-18-9-15-16-10-18)12(2)19(11)8-14-4-3-5-20-14/h6-7,9-10,14H,3-5,8H2,1-2H3/b17-7-/t14-/m0/s1. The Morgan fingerprint density at radius 2 is 2.20 bits per heavy atom. The predicted octanol–water partition coefficient (Wildman–Crippen LogP) is 1.76. The second kappa shape index (κ2) is 5.58. The van der Waals surface area contributed by atoms with Crippen molar-refractivity contribution in [2.24, 2.45) is 5.10 Å². The summed E-state index contributed by atoms with van der Waals surface area (Å²) in [5.74, 6) is 0. The van der Waals surface area contributed by atoms with Crippen LogP contribution in [0.2, 0.25) is 0 Å². The minimum absolute atomic E-state index is 0.349. The number of nitrogens with zero attached hydrogens (tertiary/aromatic N) is 5. The van der Waals surface area contributed by atoms with E-state index in [0.29, 0.717) is 6.10 Å². The first-order valence-electron chi connectivity index (χ1n) is 6.91. The summed E-state index contributed by atoms with van der Waals surface area (Å²) in [5.41, 5.74) is 3.58. The van der Waals surface area contributed by atoms with E-state index in [0.717, 1.165) is 25.1 Å². The molecule has 0 saturated carbocycles. The Morgan fingerprint density at radius 3 is 2.90 bits per heavy atom. The maximum atomic E-state index is 5.72. The molecule has 0 amide bonds. The highest BCUT2D eigenvalue weighted by Gasteiger charge is 2.18. The first-order chi connectivity index (χ1) is 9.74. The summed E-state index contributed by atoms with van der Waals surface area (Å²) in [6.07, 6.45) is 7.66. The number of aryl methyl sites for hydroxylation is 1. The molecule has 2 aromatic rings. The van der Waals surface area contributed by atoms with Crippen molar-refractivity contribution in [3.05, 3.63) is 35.7 Å². The van der Waals surface area contributed by atoms with Crippen LogP contribution in [0.25, 0.3) is 0 Å². The Hall–Kier alpha value is -1.95. The lowest BCUT2D eigenvalue weighted by Gasteiger charge is -2.14. The smallest absolute Gasteiger partial charge is 0.141 e. The maximum absolute atomic E-state index is 5.72. The van der Waals surface area contributed by atoms with E-state index < -0.39 is 0 Å². The summed E-state index contributed by atoms with van der Waals surface area (Å²) in [5, 5.41) is 11.8. The van der Waals surface area contributed by atoms with Crippen LogP contribution in [-0.2, 0) is 11.3 Å². The molecule has 1 saturated heterocycles. The van der Waals surface area contributed by atoms with Gasteiger partial charge in [0.15, 0.2) is 0 Å². The van der Waals surface area contributed by atoms with E-state index in [4.69, 9.17) is 4.74 Å². The van der Waals surface area contributed by atoms with E-state index in [1.165, 1.54) is 17.8 Å². The molecule has 0 N–H and O–H groups in total. The molecule has 106 valence electrons. The quantitative estimate of drug-likeness (QED) is 0.798. The average Bonchev–Trinajstić information content (AvgIpc) is 3.15. The van der Waals surface area contributed by atoms with Gasteiger partial charge < -0.3 is 9.30 Å². The molecule has 1 aliphatic heterocycles. The number of ether oxygens (including phenoxy) is 1. The highest BCUT2D eigenvalue weighted by molar-refractivity contribution is 5.81. The number of hydrogen-bond donors (Lipinski definition) is 0. The Labute approximate surface area is 118 Å². The topological polar surface area (TPSA) is 57.2 Å². The van der Waals surface area contributed by atoms with E-state index in [1.807, 2.05) is 6.21 Å². The summed E-state index contributed by atoms with van der Waals surface area (Å²) in [7, 11) is 0. The molecule has 6 nitrogen and oxygen atoms in total. The second-order valence-corrected chi connectivity index (χ2v) is 5.16. The molecular weight excluding hydrogens is 254 g/mol. The minimum atomic E-state index is 0.349. The van der Waals surface area contributed by atoms with Crippen molar-refractivity contribution in [2.75, 3.05) is 6.61 Å². The van der Waals surface area contributed by atoms with Gasteiger partial charge in [-0.2, -0.15) is 5.10 Å². The molecule has 0 unspecified atom stereocenters. The molecular formula is C14H19N5O. The van der Waals surface area contributed by atoms with Crippen molar-refractivity contribution in [2.45, 2.75) is 39.3 Å². The van der Waals surface area contributed by atoms with Crippen LogP contribution in [0.15, 0.2) is 23.8 Å². The van der Waals surface area contributed by atoms with Crippen molar-refractivity contribution < 1.29 is 4.74 Å². The SMILES string of the molecule is Cc1cc(/C=N\n2cnnc2)c(C)n1C[C@@H]1CCCO1. The van der Waals surface area contributed by atoms with Gasteiger partial charge in [0.2, 0.25) is 0 Å². The third-order valence-electron chi connectivity index (χ3n) is 3.76. The Bertz CT molecular complexity index is 593. The normalized spacial score (nSPS) is 19.2. The van der Waals surface area contributed by atoms with Crippen LogP contribution < -0.4 is 0 Å². The van der Waals surface area contributed by atoms with Gasteiger partial charge in [-0.3, -0.25) is 0 Å². The molecule has 0 aromatic carbocycles. The van der Waals surface area contributed by atoms with E-state index >= 15 is 0 Å². The zero-order chi connectivity index (χ0) is 13.9. The van der Waals surface area contributed by atoms with Crippen LogP contribution in [0.5, 0.6) is 0 Å². The molecule has 20 heavy (non-hydrogen) atoms. The Kier molecular flexibility index (Phi) is 3.64. The maximum Gasteiger partial charge on any atom is 0.141 e. The van der Waals surface area contributed by atoms with Crippen LogP contribution >= 0.6 is 0 Å². The van der Waals surface area contributed by atoms with Crippen LogP contribution in [0, 0.1) is 13.8 Å². The fourth-order valence-corrected chi connectivity index (χ4v) is 2.62. The molecule has 1 atom stereocenters. The van der Waals surface area contributed by atoms with Gasteiger partial charge in [-0.05, 0) is 32.8 Å². The molecule has 6 heteroatoms. The van der Waals surface area contributed by atoms with Crippen molar-refractivity contribution in [1.82, 2.24) is 19.4 Å². The summed E-state index contributed by atoms with van der Waals surface area (Å²) < 4.78 is 9.62. The van der Waals surface area contributed by atoms with Gasteiger partial charge in [0.25, 0.3) is 0 Å². The molecule has 0 aliphatic carbocycles. The van der Waals surface area contributed by atoms with Gasteiger partial charge in [0.1, 0.15) is 12.7 Å². The van der Waals surface area contributed by atoms with E-state index in [-0.39, 0.29) is 0 Å². The van der Waals surface area contributed by atoms with Crippen molar-refractivity contribution in [1.29, 1.82) is 0 Å². The van der Waals surface area contributed by atoms with Crippen LogP contribution in [0.4, 0.5) is 0 Å². The first-order valence-corrected chi connectivity index (χ1v) is 6.91. The molecule has 3 rings (SSSR count). The first kappa shape index (κ1) is 13.1. The Morgan fingerprint density at radius 1 is 1.40 bits per heavy atom. The highest BCUT2D eigenvalue weighted by atomic mass is 16.5. The molecule has 0 radical (unpaired) electrons. The lowest BCUT2D eigenvalue weighted by Crippen LogP contribution is -2.16. The zero-order valence-electron chi connectivity index (χ0n) is 11.9. The van der Waals surface area contributed by atoms with E-state index in [2.05, 4.69) is 39.8 Å². The van der Waals surface area contributed by atoms with Gasteiger partial charge in [0, 0.05) is 30.1 Å². The number of hydrogen-bond acceptors (Lipinski definition) is 4. The molecule has 1 aliphatic rings. The molecule has 1 fully saturated rings. The van der Waals surface area contributed by atoms with Crippen LogP contribution in [0.1, 0.15) is 29.8 Å². The highest BCUT2D eigenvalue weighted by Crippen LogP contribution is 2.19. The molecule has 0 bridgehead atoms. The van der Waals surface area contributed by atoms with Crippen LogP contribution in [0.3, 0.4) is 0 Å². The van der Waals surface area contributed by atoms with Gasteiger partial charge in [-0.1, -0.05) is 0 Å². The monoisotopic (exact) mass is 273 g/mol. The number of aromatic nitrogens is 4. The summed E-state index contributed by atoms with van der Waals surface area (Å²) in [6.45, 7) is 6.07. The van der Waals surface area contributed by atoms with Gasteiger partial charge >= 0.3 is 0 Å². The summed E-state index contributed by atoms with van der Waals surface area (Å²) >= 11 is 0. The second-order valence-electron chi connectivity index (χ2n) is 5.16. The molecule has 2 aromatic heterocycles.